The number of piperazine rings is 1. The lowest BCUT2D eigenvalue weighted by Gasteiger charge is -2.32. The molecule has 4 rings (SSSR count). The normalized spacial score (nSPS) is 13.9. The van der Waals surface area contributed by atoms with E-state index in [2.05, 4.69) is 35.7 Å². The number of anilines is 4. The van der Waals surface area contributed by atoms with Crippen molar-refractivity contribution in [2.45, 2.75) is 0 Å². The molecule has 2 aromatic carbocycles. The maximum absolute atomic E-state index is 11.3. The third-order valence-electron chi connectivity index (χ3n) is 5.54. The maximum Gasteiger partial charge on any atom is 0.311 e. The number of aromatic nitrogens is 3. The summed E-state index contributed by atoms with van der Waals surface area (Å²) in [6.45, 7) is 3.10. The van der Waals surface area contributed by atoms with E-state index in [1.807, 2.05) is 11.9 Å². The predicted octanol–water partition coefficient (Wildman–Crippen LogP) is 2.64. The van der Waals surface area contributed by atoms with Crippen LogP contribution in [0.4, 0.5) is 34.9 Å². The quantitative estimate of drug-likeness (QED) is 0.246. The molecule has 0 amide bonds. The molecule has 0 bridgehead atoms. The summed E-state index contributed by atoms with van der Waals surface area (Å²) in [7, 11) is 3.38. The number of hydrogen-bond donors (Lipinski definition) is 2. The lowest BCUT2D eigenvalue weighted by molar-refractivity contribution is -0.385. The van der Waals surface area contributed by atoms with Crippen LogP contribution < -0.4 is 20.4 Å². The van der Waals surface area contributed by atoms with Crippen LogP contribution in [0.5, 0.6) is 5.75 Å². The van der Waals surface area contributed by atoms with Crippen molar-refractivity contribution in [1.29, 1.82) is 0 Å². The molecule has 3 aromatic rings. The van der Waals surface area contributed by atoms with Crippen LogP contribution in [0.3, 0.4) is 0 Å². The first-order valence-electron chi connectivity index (χ1n) is 11.2. The zero-order chi connectivity index (χ0) is 26.4. The molecule has 15 nitrogen and oxygen atoms in total. The first kappa shape index (κ1) is 25.2. The molecular formula is C22H24N10O5. The van der Waals surface area contributed by atoms with Crippen molar-refractivity contribution in [2.75, 3.05) is 56.0 Å². The van der Waals surface area contributed by atoms with E-state index in [9.17, 15) is 20.2 Å². The average Bonchev–Trinajstić information content (AvgIpc) is 2.89. The number of nitro benzene ring substituents is 2. The molecule has 0 radical (unpaired) electrons. The molecule has 1 saturated heterocycles. The first-order valence-corrected chi connectivity index (χ1v) is 11.2. The smallest absolute Gasteiger partial charge is 0.311 e. The van der Waals surface area contributed by atoms with E-state index in [1.54, 1.807) is 18.2 Å². The predicted molar refractivity (Wildman–Crippen MR) is 137 cm³/mol. The minimum atomic E-state index is -0.534. The summed E-state index contributed by atoms with van der Waals surface area (Å²) in [6.07, 6.45) is 1.37. The molecule has 1 aliphatic heterocycles. The molecule has 1 fully saturated rings. The van der Waals surface area contributed by atoms with Gasteiger partial charge in [-0.25, -0.2) is 5.43 Å². The zero-order valence-electron chi connectivity index (χ0n) is 20.1. The Balaban J connectivity index is 1.59. The van der Waals surface area contributed by atoms with E-state index in [0.29, 0.717) is 30.3 Å². The zero-order valence-corrected chi connectivity index (χ0v) is 20.1. The molecule has 1 aliphatic rings. The Hall–Kier alpha value is -4.92. The van der Waals surface area contributed by atoms with Crippen LogP contribution >= 0.6 is 0 Å². The number of benzene rings is 2. The number of nitro groups is 2. The van der Waals surface area contributed by atoms with Crippen molar-refractivity contribution in [1.82, 2.24) is 19.9 Å². The van der Waals surface area contributed by atoms with E-state index in [-0.39, 0.29) is 29.0 Å². The summed E-state index contributed by atoms with van der Waals surface area (Å²) in [5.41, 5.74) is 3.47. The highest BCUT2D eigenvalue weighted by Gasteiger charge is 2.19. The largest absolute Gasteiger partial charge is 0.490 e. The van der Waals surface area contributed by atoms with E-state index in [0.717, 1.165) is 13.1 Å². The van der Waals surface area contributed by atoms with E-state index < -0.39 is 9.85 Å². The van der Waals surface area contributed by atoms with Crippen molar-refractivity contribution in [2.24, 2.45) is 5.10 Å². The van der Waals surface area contributed by atoms with Crippen molar-refractivity contribution in [3.8, 4) is 5.75 Å². The fraction of sp³-hybridized carbons (Fsp3) is 0.273. The van der Waals surface area contributed by atoms with E-state index in [4.69, 9.17) is 4.74 Å². The fourth-order valence-corrected chi connectivity index (χ4v) is 3.58. The SMILES string of the molecule is COc1c(/C=N\Nc2nc(Nc3ccc([N+](=O)[O-])cc3)nc(N3CCN(C)CC3)n2)cccc1[N+](=O)[O-]. The first-order chi connectivity index (χ1) is 17.8. The molecule has 0 spiro atoms. The second-order valence-electron chi connectivity index (χ2n) is 8.03. The van der Waals surface area contributed by atoms with Crippen molar-refractivity contribution in [3.05, 3.63) is 68.3 Å². The molecule has 192 valence electrons. The lowest BCUT2D eigenvalue weighted by atomic mass is 10.2. The van der Waals surface area contributed by atoms with Gasteiger partial charge in [0.1, 0.15) is 0 Å². The van der Waals surface area contributed by atoms with Crippen LogP contribution in [0.2, 0.25) is 0 Å². The highest BCUT2D eigenvalue weighted by atomic mass is 16.6. The molecular weight excluding hydrogens is 484 g/mol. The minimum Gasteiger partial charge on any atom is -0.490 e. The molecule has 0 atom stereocenters. The van der Waals surface area contributed by atoms with Gasteiger partial charge in [0.25, 0.3) is 5.69 Å². The number of nitrogens with one attached hydrogen (secondary N) is 2. The van der Waals surface area contributed by atoms with Gasteiger partial charge in [0.05, 0.1) is 23.2 Å². The van der Waals surface area contributed by atoms with Gasteiger partial charge in [-0.2, -0.15) is 20.1 Å². The van der Waals surface area contributed by atoms with Gasteiger partial charge in [-0.1, -0.05) is 6.07 Å². The van der Waals surface area contributed by atoms with E-state index >= 15 is 0 Å². The Morgan fingerprint density at radius 2 is 1.68 bits per heavy atom. The minimum absolute atomic E-state index is 0.0346. The number of hydrogen-bond acceptors (Lipinski definition) is 13. The fourth-order valence-electron chi connectivity index (χ4n) is 3.58. The number of non-ortho nitro benzene ring substituents is 1. The van der Waals surface area contributed by atoms with Crippen molar-refractivity contribution < 1.29 is 14.6 Å². The van der Waals surface area contributed by atoms with Crippen LogP contribution in [0.1, 0.15) is 5.56 Å². The lowest BCUT2D eigenvalue weighted by Crippen LogP contribution is -2.45. The van der Waals surface area contributed by atoms with E-state index in [1.165, 1.54) is 37.6 Å². The van der Waals surface area contributed by atoms with Gasteiger partial charge in [0.2, 0.25) is 23.6 Å². The number of hydrazone groups is 1. The number of nitrogens with zero attached hydrogens (tertiary/aromatic N) is 8. The number of ether oxygens (including phenoxy) is 1. The highest BCUT2D eigenvalue weighted by Crippen LogP contribution is 2.29. The molecule has 0 saturated carbocycles. The van der Waals surface area contributed by atoms with Crippen LogP contribution in [-0.2, 0) is 0 Å². The molecule has 2 heterocycles. The second kappa shape index (κ2) is 11.2. The summed E-state index contributed by atoms with van der Waals surface area (Å²) in [4.78, 5) is 38.7. The topological polar surface area (TPSA) is 177 Å². The van der Waals surface area contributed by atoms with Gasteiger partial charge < -0.3 is 19.9 Å². The molecule has 0 unspecified atom stereocenters. The summed E-state index contributed by atoms with van der Waals surface area (Å²) in [6, 6.07) is 10.4. The van der Waals surface area contributed by atoms with Crippen molar-refractivity contribution in [3.63, 3.8) is 0 Å². The van der Waals surface area contributed by atoms with Gasteiger partial charge >= 0.3 is 5.69 Å². The Morgan fingerprint density at radius 3 is 2.32 bits per heavy atom. The third kappa shape index (κ3) is 6.21. The van der Waals surface area contributed by atoms with Crippen LogP contribution in [0.15, 0.2) is 47.6 Å². The summed E-state index contributed by atoms with van der Waals surface area (Å²) in [5, 5.41) is 29.4. The van der Waals surface area contributed by atoms with Gasteiger partial charge in [-0.05, 0) is 25.2 Å². The number of likely N-dealkylation sites (N-methyl/N-ethyl adjacent to an activating group) is 1. The molecule has 37 heavy (non-hydrogen) atoms. The Kier molecular flexibility index (Phi) is 7.63. The standard InChI is InChI=1S/C22H24N10O5/c1-29-10-12-30(13-11-29)22-26-20(24-16-6-8-17(9-7-16)31(33)34)25-21(27-22)28-23-14-15-4-3-5-18(32(35)36)19(15)37-2/h3-9,14H,10-13H2,1-2H3,(H2,24,25,26,27,28)/b23-14-. The average molecular weight is 508 g/mol. The van der Waals surface area contributed by atoms with Gasteiger partial charge in [0, 0.05) is 55.6 Å². The van der Waals surface area contributed by atoms with Gasteiger partial charge in [-0.15, -0.1) is 0 Å². The van der Waals surface area contributed by atoms with Crippen LogP contribution in [0, 0.1) is 20.2 Å². The monoisotopic (exact) mass is 508 g/mol. The second-order valence-corrected chi connectivity index (χ2v) is 8.03. The summed E-state index contributed by atoms with van der Waals surface area (Å²) >= 11 is 0. The summed E-state index contributed by atoms with van der Waals surface area (Å²) < 4.78 is 5.19. The molecule has 0 aliphatic carbocycles. The number of methoxy groups -OCH3 is 1. The van der Waals surface area contributed by atoms with Crippen LogP contribution in [-0.4, -0.2) is 76.2 Å². The summed E-state index contributed by atoms with van der Waals surface area (Å²) in [5.74, 6) is 0.850. The van der Waals surface area contributed by atoms with Gasteiger partial charge in [0.15, 0.2) is 0 Å². The highest BCUT2D eigenvalue weighted by molar-refractivity contribution is 5.86. The number of para-hydroxylation sites is 1. The van der Waals surface area contributed by atoms with Crippen molar-refractivity contribution >= 4 is 41.1 Å². The third-order valence-corrected chi connectivity index (χ3v) is 5.54. The molecule has 2 N–H and O–H groups in total. The number of rotatable bonds is 9. The Labute approximate surface area is 211 Å². The maximum atomic E-state index is 11.3. The molecule has 15 heteroatoms. The Bertz CT molecular complexity index is 1310. The van der Waals surface area contributed by atoms with Crippen LogP contribution in [0.25, 0.3) is 0 Å². The Morgan fingerprint density at radius 1 is 0.973 bits per heavy atom. The van der Waals surface area contributed by atoms with Gasteiger partial charge in [-0.3, -0.25) is 20.2 Å². The molecule has 1 aromatic heterocycles.